The summed E-state index contributed by atoms with van der Waals surface area (Å²) in [6, 6.07) is 10.9. The summed E-state index contributed by atoms with van der Waals surface area (Å²) < 4.78 is 43.9. The van der Waals surface area contributed by atoms with Crippen molar-refractivity contribution in [3.8, 4) is 5.69 Å². The quantitative estimate of drug-likeness (QED) is 0.537. The maximum atomic E-state index is 14.4. The summed E-state index contributed by atoms with van der Waals surface area (Å²) in [5.74, 6) is -3.68. The number of halogens is 4. The fourth-order valence-corrected chi connectivity index (χ4v) is 3.69. The van der Waals surface area contributed by atoms with E-state index in [-0.39, 0.29) is 16.3 Å². The standard InChI is InChI=1S/C21H14ClF3N4O4/c1-10-2-4-11(5-3-10)16(30)28-20(21(23,24)25)14-15(26-18(20)32)29(19(33)27-17(14)31)13-8-6-12(22)7-9-13/h2-9H,1H3,(H,26,32)(H,28,30)(H,27,31,33). The number of fused-ring (bicyclic) bond motifs is 1. The van der Waals surface area contributed by atoms with Crippen LogP contribution in [0.3, 0.4) is 0 Å². The number of alkyl halides is 3. The molecule has 2 heterocycles. The second-order valence-electron chi connectivity index (χ2n) is 7.32. The van der Waals surface area contributed by atoms with E-state index in [2.05, 4.69) is 0 Å². The smallest absolute Gasteiger partial charge is 0.326 e. The highest BCUT2D eigenvalue weighted by Crippen LogP contribution is 2.45. The van der Waals surface area contributed by atoms with Crippen LogP contribution in [0.15, 0.2) is 58.1 Å². The van der Waals surface area contributed by atoms with E-state index in [0.29, 0.717) is 4.57 Å². The summed E-state index contributed by atoms with van der Waals surface area (Å²) in [6.07, 6.45) is -5.43. The van der Waals surface area contributed by atoms with Gasteiger partial charge in [-0.1, -0.05) is 29.3 Å². The summed E-state index contributed by atoms with van der Waals surface area (Å²) >= 11 is 5.82. The van der Waals surface area contributed by atoms with Crippen molar-refractivity contribution in [1.29, 1.82) is 0 Å². The van der Waals surface area contributed by atoms with Crippen molar-refractivity contribution in [1.82, 2.24) is 14.9 Å². The summed E-state index contributed by atoms with van der Waals surface area (Å²) in [4.78, 5) is 52.4. The Morgan fingerprint density at radius 1 is 1.03 bits per heavy atom. The SMILES string of the molecule is Cc1ccc(C(=O)NC2(C(F)(F)F)C(=O)Nc3c2c(=O)[nH]c(=O)n3-c2ccc(Cl)cc2)cc1. The highest BCUT2D eigenvalue weighted by Gasteiger charge is 2.68. The number of hydrogen-bond acceptors (Lipinski definition) is 4. The van der Waals surface area contributed by atoms with Crippen molar-refractivity contribution >= 4 is 29.2 Å². The molecule has 1 aliphatic heterocycles. The molecule has 0 bridgehead atoms. The maximum Gasteiger partial charge on any atom is 0.425 e. The number of aromatic nitrogens is 2. The summed E-state index contributed by atoms with van der Waals surface area (Å²) in [5.41, 5.74) is -6.84. The molecule has 0 spiro atoms. The Labute approximate surface area is 188 Å². The first-order valence-corrected chi connectivity index (χ1v) is 9.76. The molecule has 1 aromatic heterocycles. The fraction of sp³-hybridized carbons (Fsp3) is 0.143. The van der Waals surface area contributed by atoms with Gasteiger partial charge in [-0.15, -0.1) is 0 Å². The minimum Gasteiger partial charge on any atom is -0.326 e. The Morgan fingerprint density at radius 3 is 2.21 bits per heavy atom. The molecule has 2 aromatic carbocycles. The molecule has 0 saturated carbocycles. The van der Waals surface area contributed by atoms with Crippen LogP contribution in [-0.2, 0) is 10.3 Å². The third-order valence-corrected chi connectivity index (χ3v) is 5.44. The molecular formula is C21H14ClF3N4O4. The molecule has 3 N–H and O–H groups in total. The third kappa shape index (κ3) is 3.50. The van der Waals surface area contributed by atoms with Gasteiger partial charge in [0.15, 0.2) is 0 Å². The Balaban J connectivity index is 1.96. The molecule has 0 saturated heterocycles. The van der Waals surface area contributed by atoms with Crippen LogP contribution in [0.25, 0.3) is 5.69 Å². The average molecular weight is 479 g/mol. The average Bonchev–Trinajstić information content (AvgIpc) is 3.03. The number of nitrogens with one attached hydrogen (secondary N) is 3. The predicted octanol–water partition coefficient (Wildman–Crippen LogP) is 2.63. The molecule has 3 aromatic rings. The number of rotatable bonds is 3. The van der Waals surface area contributed by atoms with E-state index in [0.717, 1.165) is 5.56 Å². The van der Waals surface area contributed by atoms with Gasteiger partial charge in [0.2, 0.25) is 0 Å². The topological polar surface area (TPSA) is 113 Å². The molecule has 4 rings (SSSR count). The second-order valence-corrected chi connectivity index (χ2v) is 7.75. The number of carbonyl (C=O) groups is 2. The van der Waals surface area contributed by atoms with Crippen LogP contribution in [0.4, 0.5) is 19.0 Å². The van der Waals surface area contributed by atoms with Gasteiger partial charge in [0.25, 0.3) is 22.9 Å². The summed E-state index contributed by atoms with van der Waals surface area (Å²) in [5, 5.41) is 3.93. The predicted molar refractivity (Wildman–Crippen MR) is 113 cm³/mol. The minimum absolute atomic E-state index is 0.0278. The van der Waals surface area contributed by atoms with Crippen molar-refractivity contribution in [3.63, 3.8) is 0 Å². The van der Waals surface area contributed by atoms with Gasteiger partial charge in [-0.05, 0) is 43.3 Å². The lowest BCUT2D eigenvalue weighted by molar-refractivity contribution is -0.196. The number of aromatic amines is 1. The number of amides is 2. The van der Waals surface area contributed by atoms with E-state index in [1.807, 2.05) is 5.32 Å². The Bertz CT molecular complexity index is 1400. The number of aryl methyl sites for hydroxylation is 1. The molecule has 12 heteroatoms. The van der Waals surface area contributed by atoms with Gasteiger partial charge in [-0.25, -0.2) is 9.36 Å². The maximum absolute atomic E-state index is 14.4. The zero-order chi connectivity index (χ0) is 24.1. The van der Waals surface area contributed by atoms with Gasteiger partial charge in [0.1, 0.15) is 11.4 Å². The molecule has 1 unspecified atom stereocenters. The minimum atomic E-state index is -5.43. The number of benzene rings is 2. The molecule has 33 heavy (non-hydrogen) atoms. The van der Waals surface area contributed by atoms with Gasteiger partial charge in [-0.3, -0.25) is 19.4 Å². The number of nitrogens with zero attached hydrogens (tertiary/aromatic N) is 1. The van der Waals surface area contributed by atoms with Crippen molar-refractivity contribution < 1.29 is 22.8 Å². The molecule has 0 fully saturated rings. The fourth-order valence-electron chi connectivity index (χ4n) is 3.56. The first-order chi connectivity index (χ1) is 15.5. The highest BCUT2D eigenvalue weighted by atomic mass is 35.5. The lowest BCUT2D eigenvalue weighted by atomic mass is 9.91. The second kappa shape index (κ2) is 7.62. The van der Waals surface area contributed by atoms with Crippen LogP contribution in [0.5, 0.6) is 0 Å². The van der Waals surface area contributed by atoms with Crippen LogP contribution in [-0.4, -0.2) is 27.5 Å². The van der Waals surface area contributed by atoms with E-state index in [1.165, 1.54) is 48.5 Å². The Hall–Kier alpha value is -3.86. The number of hydrogen-bond donors (Lipinski definition) is 3. The van der Waals surface area contributed by atoms with Crippen molar-refractivity contribution in [3.05, 3.63) is 91.1 Å². The normalized spacial score (nSPS) is 17.4. The lowest BCUT2D eigenvalue weighted by Crippen LogP contribution is -2.62. The van der Waals surface area contributed by atoms with E-state index in [1.54, 1.807) is 17.2 Å². The lowest BCUT2D eigenvalue weighted by Gasteiger charge is -2.30. The zero-order valence-corrected chi connectivity index (χ0v) is 17.5. The third-order valence-electron chi connectivity index (χ3n) is 5.18. The number of anilines is 1. The van der Waals surface area contributed by atoms with Crippen LogP contribution >= 0.6 is 11.6 Å². The van der Waals surface area contributed by atoms with Gasteiger partial charge in [0.05, 0.1) is 5.69 Å². The zero-order valence-electron chi connectivity index (χ0n) is 16.7. The Kier molecular flexibility index (Phi) is 5.16. The van der Waals surface area contributed by atoms with E-state index >= 15 is 0 Å². The molecule has 8 nitrogen and oxygen atoms in total. The molecule has 0 aliphatic carbocycles. The largest absolute Gasteiger partial charge is 0.425 e. The highest BCUT2D eigenvalue weighted by molar-refractivity contribution is 6.30. The van der Waals surface area contributed by atoms with Crippen molar-refractivity contribution in [2.24, 2.45) is 0 Å². The van der Waals surface area contributed by atoms with Gasteiger partial charge < -0.3 is 10.6 Å². The van der Waals surface area contributed by atoms with Gasteiger partial charge >= 0.3 is 11.9 Å². The summed E-state index contributed by atoms with van der Waals surface area (Å²) in [6.45, 7) is 1.72. The molecule has 2 amide bonds. The number of H-pyrrole nitrogens is 1. The Morgan fingerprint density at radius 2 is 1.64 bits per heavy atom. The van der Waals surface area contributed by atoms with E-state index in [4.69, 9.17) is 11.6 Å². The first-order valence-electron chi connectivity index (χ1n) is 9.39. The first kappa shape index (κ1) is 22.3. The monoisotopic (exact) mass is 478 g/mol. The van der Waals surface area contributed by atoms with Crippen molar-refractivity contribution in [2.45, 2.75) is 18.6 Å². The number of carbonyl (C=O) groups excluding carboxylic acids is 2. The van der Waals surface area contributed by atoms with Crippen LogP contribution in [0.1, 0.15) is 21.5 Å². The summed E-state index contributed by atoms with van der Waals surface area (Å²) in [7, 11) is 0. The molecule has 1 aliphatic rings. The van der Waals surface area contributed by atoms with Gasteiger partial charge in [0, 0.05) is 10.6 Å². The molecule has 170 valence electrons. The van der Waals surface area contributed by atoms with Crippen LogP contribution < -0.4 is 21.9 Å². The molecule has 0 radical (unpaired) electrons. The van der Waals surface area contributed by atoms with Crippen molar-refractivity contribution in [2.75, 3.05) is 5.32 Å². The van der Waals surface area contributed by atoms with Crippen LogP contribution in [0, 0.1) is 6.92 Å². The van der Waals surface area contributed by atoms with E-state index < -0.39 is 46.2 Å². The molecule has 1 atom stereocenters. The van der Waals surface area contributed by atoms with E-state index in [9.17, 15) is 32.3 Å². The molecular weight excluding hydrogens is 465 g/mol. The van der Waals surface area contributed by atoms with Gasteiger partial charge in [-0.2, -0.15) is 13.2 Å². The van der Waals surface area contributed by atoms with Crippen LogP contribution in [0.2, 0.25) is 5.02 Å².